The maximum absolute atomic E-state index is 12.2. The van der Waals surface area contributed by atoms with Crippen molar-refractivity contribution in [3.05, 3.63) is 22.4 Å². The third kappa shape index (κ3) is 3.60. The van der Waals surface area contributed by atoms with E-state index in [2.05, 4.69) is 0 Å². The van der Waals surface area contributed by atoms with E-state index >= 15 is 0 Å². The second kappa shape index (κ2) is 5.95. The molecule has 0 N–H and O–H groups in total. The van der Waals surface area contributed by atoms with E-state index in [1.807, 2.05) is 48.1 Å². The maximum atomic E-state index is 12.2. The molecule has 0 unspecified atom stereocenters. The van der Waals surface area contributed by atoms with Crippen molar-refractivity contribution >= 4 is 23.2 Å². The SMILES string of the molecule is CC(C)(C)C(=O)N1CCN(C(=O)Cc2cccs2)CC1. The van der Waals surface area contributed by atoms with Crippen molar-refractivity contribution in [2.24, 2.45) is 5.41 Å². The number of carbonyl (C=O) groups is 2. The second-order valence-corrected chi connectivity index (χ2v) is 7.21. The number of nitrogens with zero attached hydrogens (tertiary/aromatic N) is 2. The third-order valence-corrected chi connectivity index (χ3v) is 4.34. The van der Waals surface area contributed by atoms with Gasteiger partial charge >= 0.3 is 0 Å². The van der Waals surface area contributed by atoms with Crippen LogP contribution in [-0.4, -0.2) is 47.8 Å². The topological polar surface area (TPSA) is 40.6 Å². The number of rotatable bonds is 2. The Kier molecular flexibility index (Phi) is 4.48. The zero-order valence-corrected chi connectivity index (χ0v) is 13.2. The largest absolute Gasteiger partial charge is 0.339 e. The monoisotopic (exact) mass is 294 g/mol. The molecule has 0 bridgehead atoms. The van der Waals surface area contributed by atoms with Crippen molar-refractivity contribution in [1.82, 2.24) is 9.80 Å². The van der Waals surface area contributed by atoms with Crippen LogP contribution in [0.15, 0.2) is 17.5 Å². The molecule has 1 fully saturated rings. The number of carbonyl (C=O) groups excluding carboxylic acids is 2. The van der Waals surface area contributed by atoms with Gasteiger partial charge in [0, 0.05) is 36.5 Å². The quantitative estimate of drug-likeness (QED) is 0.837. The van der Waals surface area contributed by atoms with Gasteiger partial charge in [-0.3, -0.25) is 9.59 Å². The lowest BCUT2D eigenvalue weighted by Gasteiger charge is -2.37. The summed E-state index contributed by atoms with van der Waals surface area (Å²) in [5, 5.41) is 1.99. The van der Waals surface area contributed by atoms with Crippen LogP contribution < -0.4 is 0 Å². The molecule has 0 aliphatic carbocycles. The van der Waals surface area contributed by atoms with Gasteiger partial charge in [-0.1, -0.05) is 26.8 Å². The van der Waals surface area contributed by atoms with Crippen LogP contribution in [-0.2, 0) is 16.0 Å². The Hall–Kier alpha value is -1.36. The van der Waals surface area contributed by atoms with E-state index in [0.717, 1.165) is 4.88 Å². The summed E-state index contributed by atoms with van der Waals surface area (Å²) in [7, 11) is 0. The third-order valence-electron chi connectivity index (χ3n) is 3.47. The molecule has 1 saturated heterocycles. The fourth-order valence-electron chi connectivity index (χ4n) is 2.31. The van der Waals surface area contributed by atoms with Crippen LogP contribution in [0.2, 0.25) is 0 Å². The molecule has 5 heteroatoms. The lowest BCUT2D eigenvalue weighted by Crippen LogP contribution is -2.53. The molecule has 0 spiro atoms. The van der Waals surface area contributed by atoms with Crippen LogP contribution in [0.3, 0.4) is 0 Å². The highest BCUT2D eigenvalue weighted by Crippen LogP contribution is 2.19. The zero-order valence-electron chi connectivity index (χ0n) is 12.4. The number of amides is 2. The molecule has 0 saturated carbocycles. The average Bonchev–Trinajstić information content (AvgIpc) is 2.90. The molecular formula is C15H22N2O2S. The van der Waals surface area contributed by atoms with E-state index in [9.17, 15) is 9.59 Å². The first kappa shape index (κ1) is 15.0. The Morgan fingerprint density at radius 1 is 1.15 bits per heavy atom. The van der Waals surface area contributed by atoms with Crippen molar-refractivity contribution in [2.75, 3.05) is 26.2 Å². The van der Waals surface area contributed by atoms with Crippen molar-refractivity contribution in [2.45, 2.75) is 27.2 Å². The van der Waals surface area contributed by atoms with E-state index in [1.165, 1.54) is 0 Å². The molecule has 2 heterocycles. The molecule has 1 aromatic heterocycles. The summed E-state index contributed by atoms with van der Waals surface area (Å²) in [6, 6.07) is 3.95. The van der Waals surface area contributed by atoms with Crippen LogP contribution in [0, 0.1) is 5.41 Å². The van der Waals surface area contributed by atoms with Gasteiger partial charge in [0.2, 0.25) is 11.8 Å². The predicted octanol–water partition coefficient (Wildman–Crippen LogP) is 2.01. The fourth-order valence-corrected chi connectivity index (χ4v) is 3.00. The highest BCUT2D eigenvalue weighted by atomic mass is 32.1. The highest BCUT2D eigenvalue weighted by molar-refractivity contribution is 7.10. The molecule has 1 aliphatic heterocycles. The predicted molar refractivity (Wildman–Crippen MR) is 80.6 cm³/mol. The van der Waals surface area contributed by atoms with Gasteiger partial charge in [-0.25, -0.2) is 0 Å². The van der Waals surface area contributed by atoms with E-state index < -0.39 is 0 Å². The van der Waals surface area contributed by atoms with Gasteiger partial charge in [-0.05, 0) is 11.4 Å². The molecule has 1 aromatic rings. The fraction of sp³-hybridized carbons (Fsp3) is 0.600. The van der Waals surface area contributed by atoms with E-state index in [-0.39, 0.29) is 17.2 Å². The minimum atomic E-state index is -0.344. The summed E-state index contributed by atoms with van der Waals surface area (Å²) in [6.45, 7) is 8.38. The van der Waals surface area contributed by atoms with Gasteiger partial charge in [0.1, 0.15) is 0 Å². The summed E-state index contributed by atoms with van der Waals surface area (Å²) in [5.41, 5.74) is -0.344. The van der Waals surface area contributed by atoms with E-state index in [4.69, 9.17) is 0 Å². The van der Waals surface area contributed by atoms with E-state index in [0.29, 0.717) is 32.6 Å². The molecule has 1 aliphatic rings. The smallest absolute Gasteiger partial charge is 0.228 e. The Morgan fingerprint density at radius 2 is 1.75 bits per heavy atom. The number of hydrogen-bond acceptors (Lipinski definition) is 3. The second-order valence-electron chi connectivity index (χ2n) is 6.18. The van der Waals surface area contributed by atoms with Gasteiger partial charge < -0.3 is 9.80 Å². The van der Waals surface area contributed by atoms with Crippen LogP contribution in [0.5, 0.6) is 0 Å². The maximum Gasteiger partial charge on any atom is 0.228 e. The van der Waals surface area contributed by atoms with Crippen molar-refractivity contribution in [1.29, 1.82) is 0 Å². The molecule has 2 amide bonds. The van der Waals surface area contributed by atoms with Gasteiger partial charge in [-0.15, -0.1) is 11.3 Å². The molecule has 0 atom stereocenters. The Bertz CT molecular complexity index is 469. The molecule has 0 radical (unpaired) electrons. The zero-order chi connectivity index (χ0) is 14.8. The minimum Gasteiger partial charge on any atom is -0.339 e. The summed E-state index contributed by atoms with van der Waals surface area (Å²) in [5.74, 6) is 0.332. The first-order valence-electron chi connectivity index (χ1n) is 6.97. The highest BCUT2D eigenvalue weighted by Gasteiger charge is 2.30. The summed E-state index contributed by atoms with van der Waals surface area (Å²) in [4.78, 5) is 29.2. The van der Waals surface area contributed by atoms with Crippen LogP contribution >= 0.6 is 11.3 Å². The van der Waals surface area contributed by atoms with Gasteiger partial charge in [0.25, 0.3) is 0 Å². The Balaban J connectivity index is 1.85. The molecule has 20 heavy (non-hydrogen) atoms. The molecule has 110 valence electrons. The molecule has 2 rings (SSSR count). The summed E-state index contributed by atoms with van der Waals surface area (Å²) >= 11 is 1.61. The van der Waals surface area contributed by atoms with Gasteiger partial charge in [0.05, 0.1) is 6.42 Å². The lowest BCUT2D eigenvalue weighted by molar-refractivity contribution is -0.144. The first-order chi connectivity index (χ1) is 9.38. The normalized spacial score (nSPS) is 16.4. The van der Waals surface area contributed by atoms with E-state index in [1.54, 1.807) is 11.3 Å². The molecular weight excluding hydrogens is 272 g/mol. The van der Waals surface area contributed by atoms with Crippen molar-refractivity contribution < 1.29 is 9.59 Å². The number of piperazine rings is 1. The minimum absolute atomic E-state index is 0.162. The number of thiophene rings is 1. The Labute approximate surface area is 124 Å². The van der Waals surface area contributed by atoms with Crippen LogP contribution in [0.4, 0.5) is 0 Å². The summed E-state index contributed by atoms with van der Waals surface area (Å²) < 4.78 is 0. The van der Waals surface area contributed by atoms with Gasteiger partial charge in [0.15, 0.2) is 0 Å². The van der Waals surface area contributed by atoms with Crippen molar-refractivity contribution in [3.8, 4) is 0 Å². The lowest BCUT2D eigenvalue weighted by atomic mass is 9.94. The average molecular weight is 294 g/mol. The summed E-state index contributed by atoms with van der Waals surface area (Å²) in [6.07, 6.45) is 0.477. The van der Waals surface area contributed by atoms with Crippen LogP contribution in [0.1, 0.15) is 25.6 Å². The molecule has 0 aromatic carbocycles. The van der Waals surface area contributed by atoms with Gasteiger partial charge in [-0.2, -0.15) is 0 Å². The number of hydrogen-bond donors (Lipinski definition) is 0. The Morgan fingerprint density at radius 3 is 2.25 bits per heavy atom. The van der Waals surface area contributed by atoms with Crippen molar-refractivity contribution in [3.63, 3.8) is 0 Å². The molecule has 4 nitrogen and oxygen atoms in total. The first-order valence-corrected chi connectivity index (χ1v) is 7.85. The standard InChI is InChI=1S/C15H22N2O2S/c1-15(2,3)14(19)17-8-6-16(7-9-17)13(18)11-12-5-4-10-20-12/h4-5,10H,6-9,11H2,1-3H3. The van der Waals surface area contributed by atoms with Crippen LogP contribution in [0.25, 0.3) is 0 Å².